The van der Waals surface area contributed by atoms with E-state index in [0.717, 1.165) is 0 Å². The zero-order valence-electron chi connectivity index (χ0n) is 13.2. The third-order valence-electron chi connectivity index (χ3n) is 3.48. The first-order chi connectivity index (χ1) is 11.0. The summed E-state index contributed by atoms with van der Waals surface area (Å²) >= 11 is 0. The second-order valence-corrected chi connectivity index (χ2v) is 5.35. The average Bonchev–Trinajstić information content (AvgIpc) is 2.56. The lowest BCUT2D eigenvalue weighted by atomic mass is 10.2. The highest BCUT2D eigenvalue weighted by Crippen LogP contribution is 2.16. The van der Waals surface area contributed by atoms with E-state index < -0.39 is 6.10 Å². The maximum Gasteiger partial charge on any atom is 0.263 e. The molecule has 0 saturated heterocycles. The number of hydrogen-bond donors (Lipinski definition) is 1. The Bertz CT molecular complexity index is 675. The van der Waals surface area contributed by atoms with Crippen molar-refractivity contribution in [2.24, 2.45) is 0 Å². The molecule has 2 aromatic rings. The van der Waals surface area contributed by atoms with Crippen LogP contribution in [0.3, 0.4) is 0 Å². The van der Waals surface area contributed by atoms with Gasteiger partial charge in [0.25, 0.3) is 5.91 Å². The number of hydrogen-bond acceptors (Lipinski definition) is 3. The Morgan fingerprint density at radius 1 is 1.26 bits per heavy atom. The number of rotatable bonds is 6. The van der Waals surface area contributed by atoms with Crippen molar-refractivity contribution in [2.75, 3.05) is 7.05 Å². The van der Waals surface area contributed by atoms with Gasteiger partial charge in [0.1, 0.15) is 11.6 Å². The van der Waals surface area contributed by atoms with Gasteiger partial charge >= 0.3 is 0 Å². The second-order valence-electron chi connectivity index (χ2n) is 5.35. The third-order valence-corrected chi connectivity index (χ3v) is 3.48. The first-order valence-electron chi connectivity index (χ1n) is 7.36. The molecule has 23 heavy (non-hydrogen) atoms. The monoisotopic (exact) mass is 317 g/mol. The highest BCUT2D eigenvalue weighted by Gasteiger charge is 2.20. The minimum atomic E-state index is -0.708. The Balaban J connectivity index is 1.99. The number of benzene rings is 2. The first kappa shape index (κ1) is 17.0. The van der Waals surface area contributed by atoms with Crippen LogP contribution in [0.1, 0.15) is 18.1 Å². The standard InChI is InChI=1S/C18H20FNO3/c1-13(23-16-8-5-6-14(10-16)12-21)18(22)20(2)11-15-7-3-4-9-17(15)19/h3-10,13,21H,11-12H2,1-2H3. The van der Waals surface area contributed by atoms with Crippen LogP contribution in [0, 0.1) is 5.82 Å². The van der Waals surface area contributed by atoms with Gasteiger partial charge in [0.2, 0.25) is 0 Å². The molecule has 122 valence electrons. The molecular weight excluding hydrogens is 297 g/mol. The zero-order chi connectivity index (χ0) is 16.8. The number of carbonyl (C=O) groups is 1. The fourth-order valence-corrected chi connectivity index (χ4v) is 2.24. The van der Waals surface area contributed by atoms with E-state index in [4.69, 9.17) is 9.84 Å². The Labute approximate surface area is 135 Å². The van der Waals surface area contributed by atoms with Crippen LogP contribution < -0.4 is 4.74 Å². The molecule has 2 rings (SSSR count). The predicted octanol–water partition coefficient (Wildman–Crippen LogP) is 2.74. The van der Waals surface area contributed by atoms with E-state index in [1.165, 1.54) is 11.0 Å². The van der Waals surface area contributed by atoms with Crippen molar-refractivity contribution in [1.82, 2.24) is 4.90 Å². The molecular formula is C18H20FNO3. The lowest BCUT2D eigenvalue weighted by Crippen LogP contribution is -2.37. The number of ether oxygens (including phenoxy) is 1. The maximum atomic E-state index is 13.7. The van der Waals surface area contributed by atoms with Gasteiger partial charge < -0.3 is 14.7 Å². The van der Waals surface area contributed by atoms with Gasteiger partial charge in [0, 0.05) is 19.2 Å². The fourth-order valence-electron chi connectivity index (χ4n) is 2.24. The van der Waals surface area contributed by atoms with Crippen molar-refractivity contribution in [1.29, 1.82) is 0 Å². The molecule has 2 aromatic carbocycles. The van der Waals surface area contributed by atoms with Crippen molar-refractivity contribution >= 4 is 5.91 Å². The molecule has 1 amide bonds. The van der Waals surface area contributed by atoms with Gasteiger partial charge in [-0.15, -0.1) is 0 Å². The van der Waals surface area contributed by atoms with Crippen LogP contribution >= 0.6 is 0 Å². The van der Waals surface area contributed by atoms with E-state index in [2.05, 4.69) is 0 Å². The molecule has 0 heterocycles. The smallest absolute Gasteiger partial charge is 0.263 e. The van der Waals surface area contributed by atoms with Crippen molar-refractivity contribution in [3.63, 3.8) is 0 Å². The number of aliphatic hydroxyl groups is 1. The topological polar surface area (TPSA) is 49.8 Å². The molecule has 0 aromatic heterocycles. The number of nitrogens with zero attached hydrogens (tertiary/aromatic N) is 1. The summed E-state index contributed by atoms with van der Waals surface area (Å²) in [7, 11) is 1.61. The number of likely N-dealkylation sites (N-methyl/N-ethyl adjacent to an activating group) is 1. The number of carbonyl (C=O) groups excluding carboxylic acids is 1. The molecule has 0 aliphatic rings. The second kappa shape index (κ2) is 7.74. The van der Waals surface area contributed by atoms with E-state index in [-0.39, 0.29) is 24.9 Å². The zero-order valence-corrected chi connectivity index (χ0v) is 13.2. The molecule has 0 fully saturated rings. The molecule has 1 unspecified atom stereocenters. The van der Waals surface area contributed by atoms with Gasteiger partial charge in [-0.2, -0.15) is 0 Å². The molecule has 1 atom stereocenters. The van der Waals surface area contributed by atoms with E-state index in [1.54, 1.807) is 56.4 Å². The predicted molar refractivity (Wildman–Crippen MR) is 85.3 cm³/mol. The molecule has 0 saturated carbocycles. The minimum Gasteiger partial charge on any atom is -0.481 e. The van der Waals surface area contributed by atoms with Gasteiger partial charge in [-0.25, -0.2) is 4.39 Å². The van der Waals surface area contributed by atoms with Gasteiger partial charge in [0.05, 0.1) is 6.61 Å². The van der Waals surface area contributed by atoms with Crippen LogP contribution in [0.15, 0.2) is 48.5 Å². The van der Waals surface area contributed by atoms with Crippen LogP contribution in [0.25, 0.3) is 0 Å². The summed E-state index contributed by atoms with van der Waals surface area (Å²) < 4.78 is 19.3. The summed E-state index contributed by atoms with van der Waals surface area (Å²) in [4.78, 5) is 13.8. The normalized spacial score (nSPS) is 11.8. The summed E-state index contributed by atoms with van der Waals surface area (Å²) in [5.41, 5.74) is 1.17. The summed E-state index contributed by atoms with van der Waals surface area (Å²) in [5, 5.41) is 9.12. The molecule has 0 spiro atoms. The van der Waals surface area contributed by atoms with Crippen molar-refractivity contribution < 1.29 is 19.0 Å². The average molecular weight is 317 g/mol. The number of amides is 1. The van der Waals surface area contributed by atoms with Crippen molar-refractivity contribution in [3.8, 4) is 5.75 Å². The maximum absolute atomic E-state index is 13.7. The fraction of sp³-hybridized carbons (Fsp3) is 0.278. The molecule has 0 bridgehead atoms. The minimum absolute atomic E-state index is 0.0906. The third kappa shape index (κ3) is 4.53. The van der Waals surface area contributed by atoms with Crippen LogP contribution in [-0.2, 0) is 17.9 Å². The lowest BCUT2D eigenvalue weighted by molar-refractivity contribution is -0.137. The highest BCUT2D eigenvalue weighted by atomic mass is 19.1. The molecule has 1 N–H and O–H groups in total. The lowest BCUT2D eigenvalue weighted by Gasteiger charge is -2.22. The summed E-state index contributed by atoms with van der Waals surface area (Å²) in [6.45, 7) is 1.73. The van der Waals surface area contributed by atoms with E-state index in [9.17, 15) is 9.18 Å². The Hall–Kier alpha value is -2.40. The SMILES string of the molecule is CC(Oc1cccc(CO)c1)C(=O)N(C)Cc1ccccc1F. The van der Waals surface area contributed by atoms with E-state index >= 15 is 0 Å². The van der Waals surface area contributed by atoms with Crippen LogP contribution in [-0.4, -0.2) is 29.1 Å². The van der Waals surface area contributed by atoms with Crippen molar-refractivity contribution in [3.05, 3.63) is 65.5 Å². The van der Waals surface area contributed by atoms with Gasteiger partial charge in [-0.3, -0.25) is 4.79 Å². The Morgan fingerprint density at radius 3 is 2.70 bits per heavy atom. The summed E-state index contributed by atoms with van der Waals surface area (Å²) in [6.07, 6.45) is -0.708. The van der Waals surface area contributed by atoms with E-state index in [0.29, 0.717) is 16.9 Å². The number of halogens is 1. The first-order valence-corrected chi connectivity index (χ1v) is 7.36. The quantitative estimate of drug-likeness (QED) is 0.891. The largest absolute Gasteiger partial charge is 0.481 e. The van der Waals surface area contributed by atoms with E-state index in [1.807, 2.05) is 0 Å². The van der Waals surface area contributed by atoms with Crippen LogP contribution in [0.4, 0.5) is 4.39 Å². The Kier molecular flexibility index (Phi) is 5.71. The summed E-state index contributed by atoms with van der Waals surface area (Å²) in [5.74, 6) is -0.0734. The molecule has 5 heteroatoms. The molecule has 0 radical (unpaired) electrons. The molecule has 4 nitrogen and oxygen atoms in total. The van der Waals surface area contributed by atoms with Gasteiger partial charge in [0.15, 0.2) is 6.10 Å². The molecule has 0 aliphatic heterocycles. The van der Waals surface area contributed by atoms with Gasteiger partial charge in [-0.1, -0.05) is 30.3 Å². The van der Waals surface area contributed by atoms with Crippen LogP contribution in [0.5, 0.6) is 5.75 Å². The molecule has 0 aliphatic carbocycles. The van der Waals surface area contributed by atoms with Gasteiger partial charge in [-0.05, 0) is 30.7 Å². The van der Waals surface area contributed by atoms with Crippen LogP contribution in [0.2, 0.25) is 0 Å². The van der Waals surface area contributed by atoms with Crippen molar-refractivity contribution in [2.45, 2.75) is 26.2 Å². The Morgan fingerprint density at radius 2 is 2.00 bits per heavy atom. The number of aliphatic hydroxyl groups excluding tert-OH is 1. The highest BCUT2D eigenvalue weighted by molar-refractivity contribution is 5.80. The summed E-state index contributed by atoms with van der Waals surface area (Å²) in [6, 6.07) is 13.3.